The van der Waals surface area contributed by atoms with Crippen LogP contribution in [-0.2, 0) is 9.53 Å². The molecule has 0 spiro atoms. The van der Waals surface area contributed by atoms with Gasteiger partial charge >= 0.3 is 5.97 Å². The highest BCUT2D eigenvalue weighted by atomic mass is 35.5. The number of allylic oxidation sites excluding steroid dienone is 1. The van der Waals surface area contributed by atoms with E-state index in [9.17, 15) is 9.59 Å². The number of rotatable bonds is 6. The van der Waals surface area contributed by atoms with Gasteiger partial charge in [0.25, 0.3) is 5.56 Å². The fourth-order valence-electron chi connectivity index (χ4n) is 5.16. The third-order valence-electron chi connectivity index (χ3n) is 7.16. The van der Waals surface area contributed by atoms with E-state index in [1.807, 2.05) is 81.4 Å². The van der Waals surface area contributed by atoms with Crippen LogP contribution in [0.2, 0.25) is 10.0 Å². The summed E-state index contributed by atoms with van der Waals surface area (Å²) in [5.74, 6) is -0.477. The average molecular weight is 610 g/mol. The molecule has 0 fully saturated rings. The number of halogens is 2. The zero-order valence-corrected chi connectivity index (χ0v) is 26.0. The first-order valence-corrected chi connectivity index (χ1v) is 14.7. The van der Waals surface area contributed by atoms with Gasteiger partial charge < -0.3 is 14.2 Å². The van der Waals surface area contributed by atoms with E-state index in [4.69, 9.17) is 27.9 Å². The summed E-state index contributed by atoms with van der Waals surface area (Å²) in [5.41, 5.74) is 6.21. The van der Waals surface area contributed by atoms with E-state index in [1.165, 1.54) is 11.3 Å². The first-order valence-electron chi connectivity index (χ1n) is 13.1. The third kappa shape index (κ3) is 5.27. The molecule has 1 atom stereocenters. The Morgan fingerprint density at radius 2 is 1.78 bits per heavy atom. The molecule has 0 bridgehead atoms. The van der Waals surface area contributed by atoms with Gasteiger partial charge in [-0.1, -0.05) is 46.7 Å². The molecule has 10 heteroatoms. The Balaban J connectivity index is 1.68. The predicted molar refractivity (Wildman–Crippen MR) is 166 cm³/mol. The molecule has 0 N–H and O–H groups in total. The minimum absolute atomic E-state index is 0.218. The molecular formula is C31H30Cl2N4O3S. The Kier molecular flexibility index (Phi) is 8.01. The van der Waals surface area contributed by atoms with Crippen LogP contribution in [0.5, 0.6) is 0 Å². The van der Waals surface area contributed by atoms with Crippen molar-refractivity contribution in [2.24, 2.45) is 4.99 Å². The summed E-state index contributed by atoms with van der Waals surface area (Å²) in [5, 5.41) is 0.959. The highest BCUT2D eigenvalue weighted by Gasteiger charge is 2.33. The number of aromatic nitrogens is 2. The van der Waals surface area contributed by atoms with Crippen LogP contribution in [0.15, 0.2) is 69.6 Å². The number of benzene rings is 2. The van der Waals surface area contributed by atoms with Gasteiger partial charge in [0.1, 0.15) is 0 Å². The molecule has 0 aliphatic carbocycles. The number of hydrogen-bond acceptors (Lipinski definition) is 6. The number of carbonyl (C=O) groups excluding carboxylic acids is 1. The van der Waals surface area contributed by atoms with Gasteiger partial charge in [0, 0.05) is 36.9 Å². The van der Waals surface area contributed by atoms with Crippen molar-refractivity contribution in [3.8, 4) is 5.69 Å². The minimum atomic E-state index is -0.660. The minimum Gasteiger partial charge on any atom is -0.463 e. The maximum atomic E-state index is 14.0. The standard InChI is InChI=1S/C31H30Cl2N4O3S/c1-7-40-30(39)27-18(3)34-31-37(28(27)20-8-10-22(11-9-20)35(5)6)29(38)26(41-31)15-21-14-17(2)36(19(21)4)23-12-13-24(32)25(33)16-23/h8-16,28H,7H2,1-6H3/b26-15+/t28-/m1/s1. The quantitative estimate of drug-likeness (QED) is 0.268. The number of carbonyl (C=O) groups is 1. The van der Waals surface area contributed by atoms with Gasteiger partial charge in [-0.05, 0) is 81.3 Å². The lowest BCUT2D eigenvalue weighted by Gasteiger charge is -2.25. The van der Waals surface area contributed by atoms with E-state index < -0.39 is 12.0 Å². The van der Waals surface area contributed by atoms with Crippen LogP contribution in [0.1, 0.15) is 42.4 Å². The van der Waals surface area contributed by atoms with Crippen molar-refractivity contribution in [2.75, 3.05) is 25.6 Å². The Morgan fingerprint density at radius 3 is 2.41 bits per heavy atom. The molecule has 7 nitrogen and oxygen atoms in total. The molecule has 212 valence electrons. The number of hydrogen-bond donors (Lipinski definition) is 0. The lowest BCUT2D eigenvalue weighted by Crippen LogP contribution is -2.40. The molecule has 2 aromatic carbocycles. The largest absolute Gasteiger partial charge is 0.463 e. The zero-order chi connectivity index (χ0) is 29.6. The van der Waals surface area contributed by atoms with Crippen molar-refractivity contribution in [2.45, 2.75) is 33.7 Å². The van der Waals surface area contributed by atoms with E-state index in [0.717, 1.165) is 33.9 Å². The number of fused-ring (bicyclic) bond motifs is 1. The summed E-state index contributed by atoms with van der Waals surface area (Å²) in [7, 11) is 3.93. The monoisotopic (exact) mass is 608 g/mol. The molecular weight excluding hydrogens is 579 g/mol. The van der Waals surface area contributed by atoms with Crippen LogP contribution >= 0.6 is 34.5 Å². The molecule has 0 unspecified atom stereocenters. The fraction of sp³-hybridized carbons (Fsp3) is 0.258. The van der Waals surface area contributed by atoms with Gasteiger partial charge in [0.2, 0.25) is 0 Å². The summed E-state index contributed by atoms with van der Waals surface area (Å²) in [6.45, 7) is 7.77. The van der Waals surface area contributed by atoms with Gasteiger partial charge in [0.15, 0.2) is 4.80 Å². The highest BCUT2D eigenvalue weighted by Crippen LogP contribution is 2.32. The molecule has 1 aliphatic heterocycles. The summed E-state index contributed by atoms with van der Waals surface area (Å²) in [6, 6.07) is 14.7. The lowest BCUT2D eigenvalue weighted by atomic mass is 9.95. The molecule has 3 heterocycles. The first kappa shape index (κ1) is 28.9. The van der Waals surface area contributed by atoms with Crippen LogP contribution in [0.4, 0.5) is 5.69 Å². The third-order valence-corrected chi connectivity index (χ3v) is 8.88. The number of esters is 1. The van der Waals surface area contributed by atoms with Gasteiger partial charge in [-0.15, -0.1) is 0 Å². The van der Waals surface area contributed by atoms with Gasteiger partial charge in [0.05, 0.1) is 38.5 Å². The Labute approximate surface area is 252 Å². The Bertz CT molecular complexity index is 1880. The van der Waals surface area contributed by atoms with Crippen LogP contribution in [0, 0.1) is 13.8 Å². The summed E-state index contributed by atoms with van der Waals surface area (Å²) in [6.07, 6.45) is 1.88. The van der Waals surface area contributed by atoms with Crippen LogP contribution in [0.25, 0.3) is 11.8 Å². The second-order valence-corrected chi connectivity index (χ2v) is 11.9. The molecule has 2 aromatic heterocycles. The molecule has 41 heavy (non-hydrogen) atoms. The number of thiazole rings is 1. The topological polar surface area (TPSA) is 68.8 Å². The van der Waals surface area contributed by atoms with Crippen LogP contribution in [0.3, 0.4) is 0 Å². The van der Waals surface area contributed by atoms with Gasteiger partial charge in [-0.3, -0.25) is 9.36 Å². The van der Waals surface area contributed by atoms with Crippen molar-refractivity contribution < 1.29 is 9.53 Å². The molecule has 0 saturated heterocycles. The molecule has 0 radical (unpaired) electrons. The van der Waals surface area contributed by atoms with E-state index in [1.54, 1.807) is 24.5 Å². The maximum absolute atomic E-state index is 14.0. The van der Waals surface area contributed by atoms with E-state index in [-0.39, 0.29) is 12.2 Å². The predicted octanol–water partition coefficient (Wildman–Crippen LogP) is 5.58. The van der Waals surface area contributed by atoms with Crippen LogP contribution in [-0.4, -0.2) is 35.8 Å². The van der Waals surface area contributed by atoms with E-state index >= 15 is 0 Å². The highest BCUT2D eigenvalue weighted by molar-refractivity contribution is 7.07. The normalized spacial score (nSPS) is 15.1. The number of anilines is 1. The van der Waals surface area contributed by atoms with E-state index in [0.29, 0.717) is 30.6 Å². The maximum Gasteiger partial charge on any atom is 0.338 e. The molecule has 4 aromatic rings. The Hall–Kier alpha value is -3.59. The number of ether oxygens (including phenoxy) is 1. The van der Waals surface area contributed by atoms with Crippen LogP contribution < -0.4 is 19.8 Å². The fourth-order valence-corrected chi connectivity index (χ4v) is 6.49. The number of aryl methyl sites for hydroxylation is 1. The van der Waals surface area contributed by atoms with Crippen molar-refractivity contribution in [3.05, 3.63) is 112 Å². The Morgan fingerprint density at radius 1 is 1.07 bits per heavy atom. The summed E-state index contributed by atoms with van der Waals surface area (Å²) >= 11 is 13.7. The molecule has 1 aliphatic rings. The second-order valence-electron chi connectivity index (χ2n) is 10.0. The van der Waals surface area contributed by atoms with Crippen molar-refractivity contribution in [1.29, 1.82) is 0 Å². The summed E-state index contributed by atoms with van der Waals surface area (Å²) in [4.78, 5) is 34.4. The van der Waals surface area contributed by atoms with Crippen molar-refractivity contribution in [1.82, 2.24) is 9.13 Å². The first-order chi connectivity index (χ1) is 19.5. The summed E-state index contributed by atoms with van der Waals surface area (Å²) < 4.78 is 9.61. The zero-order valence-electron chi connectivity index (χ0n) is 23.7. The molecule has 0 amide bonds. The van der Waals surface area contributed by atoms with Gasteiger partial charge in [-0.25, -0.2) is 9.79 Å². The van der Waals surface area contributed by atoms with E-state index in [2.05, 4.69) is 9.56 Å². The smallest absolute Gasteiger partial charge is 0.338 e. The van der Waals surface area contributed by atoms with Crippen molar-refractivity contribution in [3.63, 3.8) is 0 Å². The SMILES string of the molecule is CCOC(=O)C1=C(C)N=c2s/c(=C/c3cc(C)n(-c4ccc(Cl)c(Cl)c4)c3C)c(=O)n2[C@@H]1c1ccc(N(C)C)cc1. The average Bonchev–Trinajstić information content (AvgIpc) is 3.38. The molecule has 0 saturated carbocycles. The van der Waals surface area contributed by atoms with Crippen molar-refractivity contribution >= 4 is 52.3 Å². The second kappa shape index (κ2) is 11.4. The van der Waals surface area contributed by atoms with Gasteiger partial charge in [-0.2, -0.15) is 0 Å². The molecule has 5 rings (SSSR count). The lowest BCUT2D eigenvalue weighted by molar-refractivity contribution is -0.139. The number of nitrogens with zero attached hydrogens (tertiary/aromatic N) is 4.